The number of hydrogen-bond donors (Lipinski definition) is 0. The van der Waals surface area contributed by atoms with Crippen LogP contribution >= 0.6 is 11.8 Å². The molecule has 0 saturated heterocycles. The van der Waals surface area contributed by atoms with E-state index in [0.717, 1.165) is 5.56 Å². The molecule has 134 valence electrons. The van der Waals surface area contributed by atoms with Crippen LogP contribution in [0, 0.1) is 5.41 Å². The topological polar surface area (TPSA) is 34.1 Å². The van der Waals surface area contributed by atoms with Crippen molar-refractivity contribution < 1.29 is 8.42 Å². The zero-order valence-electron chi connectivity index (χ0n) is 15.0. The lowest BCUT2D eigenvalue weighted by atomic mass is 9.70. The van der Waals surface area contributed by atoms with Crippen LogP contribution in [0.4, 0.5) is 0 Å². The molecular weight excluding hydrogens is 360 g/mol. The fourth-order valence-corrected chi connectivity index (χ4v) is 4.81. The molecule has 26 heavy (non-hydrogen) atoms. The van der Waals surface area contributed by atoms with E-state index in [2.05, 4.69) is 42.7 Å². The molecule has 2 aromatic rings. The van der Waals surface area contributed by atoms with Crippen LogP contribution in [0.3, 0.4) is 0 Å². The van der Waals surface area contributed by atoms with Gasteiger partial charge in [-0.15, -0.1) is 11.8 Å². The monoisotopic (exact) mass is 382 g/mol. The summed E-state index contributed by atoms with van der Waals surface area (Å²) < 4.78 is 23.5. The van der Waals surface area contributed by atoms with Crippen molar-refractivity contribution in [3.8, 4) is 0 Å². The Morgan fingerprint density at radius 3 is 1.73 bits per heavy atom. The predicted octanol–water partition coefficient (Wildman–Crippen LogP) is 5.46. The van der Waals surface area contributed by atoms with Crippen LogP contribution in [0.15, 0.2) is 70.5 Å². The van der Waals surface area contributed by atoms with Crippen molar-refractivity contribution in [1.82, 2.24) is 0 Å². The molecule has 1 spiro atoms. The molecule has 0 aromatic heterocycles. The highest BCUT2D eigenvalue weighted by atomic mass is 32.2. The van der Waals surface area contributed by atoms with E-state index in [0.29, 0.717) is 4.90 Å². The van der Waals surface area contributed by atoms with Crippen molar-refractivity contribution >= 4 is 32.7 Å². The minimum absolute atomic E-state index is 0.193. The Labute approximate surface area is 159 Å². The van der Waals surface area contributed by atoms with Gasteiger partial charge in [-0.1, -0.05) is 42.8 Å². The molecule has 2 aliphatic carbocycles. The molecule has 1 fully saturated rings. The number of benzene rings is 2. The fourth-order valence-electron chi connectivity index (χ4n) is 3.78. The maximum absolute atomic E-state index is 11.7. The molecule has 0 bridgehead atoms. The third-order valence-corrected chi connectivity index (χ3v) is 7.30. The van der Waals surface area contributed by atoms with Crippen LogP contribution in [0.2, 0.25) is 0 Å². The second-order valence-electron chi connectivity index (χ2n) is 7.23. The number of sulfone groups is 1. The summed E-state index contributed by atoms with van der Waals surface area (Å²) >= 11 is 1.75. The fraction of sp³-hybridized carbons (Fsp3) is 0.273. The van der Waals surface area contributed by atoms with Crippen molar-refractivity contribution in [2.75, 3.05) is 12.5 Å². The van der Waals surface area contributed by atoms with Gasteiger partial charge < -0.3 is 0 Å². The van der Waals surface area contributed by atoms with E-state index in [4.69, 9.17) is 0 Å². The zero-order chi connectivity index (χ0) is 18.4. The summed E-state index contributed by atoms with van der Waals surface area (Å²) in [6, 6.07) is 16.0. The van der Waals surface area contributed by atoms with Gasteiger partial charge in [0, 0.05) is 16.6 Å². The number of hydrogen-bond acceptors (Lipinski definition) is 3. The summed E-state index contributed by atoms with van der Waals surface area (Å²) in [5.41, 5.74) is 5.00. The van der Waals surface area contributed by atoms with Gasteiger partial charge >= 0.3 is 0 Å². The highest BCUT2D eigenvalue weighted by Crippen LogP contribution is 2.54. The van der Waals surface area contributed by atoms with Crippen LogP contribution in [0.1, 0.15) is 30.4 Å². The highest BCUT2D eigenvalue weighted by molar-refractivity contribution is 7.98. The summed E-state index contributed by atoms with van der Waals surface area (Å²) in [7, 11) is -3.17. The van der Waals surface area contributed by atoms with Gasteiger partial charge in [0.25, 0.3) is 0 Å². The summed E-state index contributed by atoms with van der Waals surface area (Å²) in [5.74, 6) is 0. The summed E-state index contributed by atoms with van der Waals surface area (Å²) in [4.78, 5) is 1.63. The first-order chi connectivity index (χ1) is 12.4. The van der Waals surface area contributed by atoms with Crippen LogP contribution in [0.25, 0.3) is 11.1 Å². The van der Waals surface area contributed by atoms with Gasteiger partial charge in [-0.2, -0.15) is 0 Å². The lowest BCUT2D eigenvalue weighted by Crippen LogP contribution is -2.22. The second kappa shape index (κ2) is 6.43. The lowest BCUT2D eigenvalue weighted by molar-refractivity contribution is 0.282. The zero-order valence-corrected chi connectivity index (χ0v) is 16.7. The molecule has 0 aliphatic heterocycles. The highest BCUT2D eigenvalue weighted by Gasteiger charge is 2.38. The average molecular weight is 383 g/mol. The van der Waals surface area contributed by atoms with E-state index >= 15 is 0 Å². The van der Waals surface area contributed by atoms with Crippen molar-refractivity contribution in [3.05, 3.63) is 71.8 Å². The maximum Gasteiger partial charge on any atom is 0.175 e. The van der Waals surface area contributed by atoms with E-state index < -0.39 is 9.84 Å². The van der Waals surface area contributed by atoms with Crippen LogP contribution in [0.5, 0.6) is 0 Å². The van der Waals surface area contributed by atoms with Gasteiger partial charge in [0.05, 0.1) is 4.90 Å². The molecule has 2 aromatic carbocycles. The van der Waals surface area contributed by atoms with Crippen molar-refractivity contribution in [2.24, 2.45) is 5.41 Å². The van der Waals surface area contributed by atoms with E-state index in [9.17, 15) is 8.42 Å². The Morgan fingerprint density at radius 1 is 0.846 bits per heavy atom. The molecule has 1 saturated carbocycles. The molecule has 0 unspecified atom stereocenters. The van der Waals surface area contributed by atoms with Gasteiger partial charge in [0.1, 0.15) is 0 Å². The van der Waals surface area contributed by atoms with E-state index in [1.807, 2.05) is 12.1 Å². The molecule has 4 rings (SSSR count). The van der Waals surface area contributed by atoms with Gasteiger partial charge in [0.15, 0.2) is 9.84 Å². The van der Waals surface area contributed by atoms with Gasteiger partial charge in [-0.05, 0) is 65.6 Å². The molecule has 2 nitrogen and oxygen atoms in total. The van der Waals surface area contributed by atoms with Crippen LogP contribution in [-0.2, 0) is 9.84 Å². The Hall–Kier alpha value is -1.78. The Bertz CT molecular complexity index is 991. The molecule has 0 amide bonds. The number of allylic oxidation sites excluding steroid dienone is 4. The molecule has 4 heteroatoms. The van der Waals surface area contributed by atoms with E-state index in [1.165, 1.54) is 47.1 Å². The molecule has 0 radical (unpaired) electrons. The Morgan fingerprint density at radius 2 is 1.35 bits per heavy atom. The number of rotatable bonds is 4. The van der Waals surface area contributed by atoms with Crippen molar-refractivity contribution in [3.63, 3.8) is 0 Å². The molecular formula is C22H22O2S2. The standard InChI is InChI=1S/C22H22O2S2/c1-25-18-8-4-16(5-9-18)20-14-22(12-3-13-22)15-21(20)17-6-10-19(11-7-17)26(2,23)24/h4-11,14-15H,3,12-13H2,1-2H3. The molecule has 0 heterocycles. The molecule has 2 aliphatic rings. The summed E-state index contributed by atoms with van der Waals surface area (Å²) in [5, 5.41) is 0. The normalized spacial score (nSPS) is 18.4. The minimum Gasteiger partial charge on any atom is -0.224 e. The Kier molecular flexibility index (Phi) is 4.36. The predicted molar refractivity (Wildman–Crippen MR) is 110 cm³/mol. The summed E-state index contributed by atoms with van der Waals surface area (Å²) in [6.07, 6.45) is 11.8. The largest absolute Gasteiger partial charge is 0.224 e. The van der Waals surface area contributed by atoms with Crippen LogP contribution in [-0.4, -0.2) is 20.9 Å². The maximum atomic E-state index is 11.7. The third kappa shape index (κ3) is 3.17. The van der Waals surface area contributed by atoms with Gasteiger partial charge in [-0.3, -0.25) is 0 Å². The number of thioether (sulfide) groups is 1. The average Bonchev–Trinajstić information content (AvgIpc) is 3.03. The van der Waals surface area contributed by atoms with Gasteiger partial charge in [0.2, 0.25) is 0 Å². The molecule has 0 atom stereocenters. The SMILES string of the molecule is CSc1ccc(C2=CC3(C=C2c2ccc(S(C)(=O)=O)cc2)CCC3)cc1. The first kappa shape index (κ1) is 17.6. The van der Waals surface area contributed by atoms with E-state index in [1.54, 1.807) is 23.9 Å². The van der Waals surface area contributed by atoms with Gasteiger partial charge in [-0.25, -0.2) is 8.42 Å². The summed E-state index contributed by atoms with van der Waals surface area (Å²) in [6.45, 7) is 0. The van der Waals surface area contributed by atoms with Crippen molar-refractivity contribution in [1.29, 1.82) is 0 Å². The second-order valence-corrected chi connectivity index (χ2v) is 10.1. The molecule has 0 N–H and O–H groups in total. The van der Waals surface area contributed by atoms with Crippen LogP contribution < -0.4 is 0 Å². The third-order valence-electron chi connectivity index (χ3n) is 5.43. The Balaban J connectivity index is 1.75. The first-order valence-corrected chi connectivity index (χ1v) is 11.9. The minimum atomic E-state index is -3.17. The van der Waals surface area contributed by atoms with E-state index in [-0.39, 0.29) is 5.41 Å². The smallest absolute Gasteiger partial charge is 0.175 e. The van der Waals surface area contributed by atoms with Crippen molar-refractivity contribution in [2.45, 2.75) is 29.1 Å². The first-order valence-electron chi connectivity index (χ1n) is 8.81. The quantitative estimate of drug-likeness (QED) is 0.658. The lowest BCUT2D eigenvalue weighted by Gasteiger charge is -2.34.